The van der Waals surface area contributed by atoms with Gasteiger partial charge in [0.2, 0.25) is 0 Å². The van der Waals surface area contributed by atoms with E-state index in [1.54, 1.807) is 0 Å². The van der Waals surface area contributed by atoms with Crippen LogP contribution >= 0.6 is 0 Å². The summed E-state index contributed by atoms with van der Waals surface area (Å²) < 4.78 is 29.2. The standard InChI is InChI=1S/C14H11N3O9S/c18-15(19)12-7-6-11(13(8-12)16(20)21)9-26-27(24,25)14(17(22)23)10-4-2-1-3-5-10/h1-8,14H,9H2. The van der Waals surface area contributed by atoms with E-state index in [0.29, 0.717) is 6.07 Å². The largest absolute Gasteiger partial charge is 0.359 e. The van der Waals surface area contributed by atoms with Gasteiger partial charge in [-0.15, -0.1) is 0 Å². The smallest absolute Gasteiger partial charge is 0.263 e. The molecule has 2 aromatic carbocycles. The molecule has 2 aromatic rings. The molecule has 0 spiro atoms. The molecule has 0 aliphatic heterocycles. The monoisotopic (exact) mass is 397 g/mol. The summed E-state index contributed by atoms with van der Waals surface area (Å²) in [5.41, 5.74) is -1.75. The molecular weight excluding hydrogens is 386 g/mol. The predicted molar refractivity (Wildman–Crippen MR) is 89.6 cm³/mol. The van der Waals surface area contributed by atoms with Gasteiger partial charge in [0.25, 0.3) is 11.4 Å². The van der Waals surface area contributed by atoms with Crippen molar-refractivity contribution >= 4 is 21.5 Å². The molecule has 27 heavy (non-hydrogen) atoms. The molecule has 0 heterocycles. The van der Waals surface area contributed by atoms with Gasteiger partial charge in [-0.3, -0.25) is 34.5 Å². The lowest BCUT2D eigenvalue weighted by Gasteiger charge is -2.11. The van der Waals surface area contributed by atoms with E-state index in [1.165, 1.54) is 30.3 Å². The van der Waals surface area contributed by atoms with Crippen molar-refractivity contribution in [2.24, 2.45) is 0 Å². The Morgan fingerprint density at radius 3 is 2.07 bits per heavy atom. The lowest BCUT2D eigenvalue weighted by atomic mass is 10.2. The zero-order chi connectivity index (χ0) is 20.2. The third-order valence-electron chi connectivity index (χ3n) is 3.40. The second kappa shape index (κ2) is 7.84. The van der Waals surface area contributed by atoms with Crippen LogP contribution in [0.25, 0.3) is 0 Å². The molecule has 0 saturated heterocycles. The SMILES string of the molecule is O=[N+]([O-])c1ccc(COS(=O)(=O)C(c2ccccc2)[N+](=O)[O-])c([N+](=O)[O-])c1. The van der Waals surface area contributed by atoms with Crippen LogP contribution in [-0.2, 0) is 20.9 Å². The Bertz CT molecular complexity index is 992. The van der Waals surface area contributed by atoms with Crippen molar-refractivity contribution in [3.05, 3.63) is 90.0 Å². The quantitative estimate of drug-likeness (QED) is 0.368. The maximum absolute atomic E-state index is 12.3. The molecule has 0 radical (unpaired) electrons. The molecule has 1 atom stereocenters. The van der Waals surface area contributed by atoms with Crippen molar-refractivity contribution in [3.8, 4) is 0 Å². The fraction of sp³-hybridized carbons (Fsp3) is 0.143. The fourth-order valence-electron chi connectivity index (χ4n) is 2.18. The van der Waals surface area contributed by atoms with Gasteiger partial charge in [0.05, 0.1) is 28.1 Å². The van der Waals surface area contributed by atoms with Crippen LogP contribution in [0.15, 0.2) is 48.5 Å². The van der Waals surface area contributed by atoms with E-state index in [9.17, 15) is 38.8 Å². The van der Waals surface area contributed by atoms with Gasteiger partial charge in [0.1, 0.15) is 0 Å². The number of rotatable bonds is 8. The molecule has 0 amide bonds. The van der Waals surface area contributed by atoms with Crippen molar-refractivity contribution < 1.29 is 27.4 Å². The van der Waals surface area contributed by atoms with Crippen LogP contribution < -0.4 is 0 Å². The minimum Gasteiger partial charge on any atom is -0.263 e. The summed E-state index contributed by atoms with van der Waals surface area (Å²) in [6.07, 6.45) is 0. The van der Waals surface area contributed by atoms with Gasteiger partial charge in [-0.1, -0.05) is 30.3 Å². The molecule has 2 rings (SSSR count). The van der Waals surface area contributed by atoms with Gasteiger partial charge >= 0.3 is 15.5 Å². The Hall–Kier alpha value is -3.45. The summed E-state index contributed by atoms with van der Waals surface area (Å²) in [6, 6.07) is 9.33. The Morgan fingerprint density at radius 2 is 1.56 bits per heavy atom. The summed E-state index contributed by atoms with van der Waals surface area (Å²) in [5.74, 6) is 0. The van der Waals surface area contributed by atoms with E-state index in [1.807, 2.05) is 0 Å². The predicted octanol–water partition coefficient (Wildman–Crippen LogP) is 2.32. The van der Waals surface area contributed by atoms with E-state index in [2.05, 4.69) is 4.18 Å². The summed E-state index contributed by atoms with van der Waals surface area (Å²) >= 11 is 0. The number of hydrogen-bond donors (Lipinski definition) is 0. The van der Waals surface area contributed by atoms with Crippen LogP contribution in [0.4, 0.5) is 11.4 Å². The Kier molecular flexibility index (Phi) is 5.77. The maximum atomic E-state index is 12.3. The maximum Gasteiger partial charge on any atom is 0.359 e. The molecule has 0 aliphatic rings. The van der Waals surface area contributed by atoms with Crippen molar-refractivity contribution in [2.75, 3.05) is 0 Å². The van der Waals surface area contributed by atoms with Crippen molar-refractivity contribution in [1.29, 1.82) is 0 Å². The number of nitro groups is 3. The summed E-state index contributed by atoms with van der Waals surface area (Å²) in [4.78, 5) is 30.1. The van der Waals surface area contributed by atoms with Crippen LogP contribution in [0.5, 0.6) is 0 Å². The number of non-ortho nitro benzene ring substituents is 1. The van der Waals surface area contributed by atoms with E-state index < -0.39 is 48.2 Å². The molecule has 1 unspecified atom stereocenters. The number of nitrogens with zero attached hydrogens (tertiary/aromatic N) is 3. The second-order valence-corrected chi connectivity index (χ2v) is 6.80. The lowest BCUT2D eigenvalue weighted by molar-refractivity contribution is -0.504. The van der Waals surface area contributed by atoms with E-state index in [-0.39, 0.29) is 11.1 Å². The zero-order valence-electron chi connectivity index (χ0n) is 13.3. The van der Waals surface area contributed by atoms with Crippen LogP contribution in [-0.4, -0.2) is 23.2 Å². The first-order chi connectivity index (χ1) is 12.6. The first kappa shape index (κ1) is 19.9. The highest BCUT2D eigenvalue weighted by Gasteiger charge is 2.39. The molecule has 142 valence electrons. The fourth-order valence-corrected chi connectivity index (χ4v) is 3.30. The van der Waals surface area contributed by atoms with Gasteiger partial charge in [-0.2, -0.15) is 8.42 Å². The van der Waals surface area contributed by atoms with E-state index in [4.69, 9.17) is 0 Å². The summed E-state index contributed by atoms with van der Waals surface area (Å²) in [7, 11) is -4.80. The van der Waals surface area contributed by atoms with Crippen LogP contribution in [0, 0.1) is 30.3 Å². The van der Waals surface area contributed by atoms with Gasteiger partial charge in [-0.25, -0.2) is 0 Å². The molecule has 0 saturated carbocycles. The van der Waals surface area contributed by atoms with Gasteiger partial charge < -0.3 is 0 Å². The van der Waals surface area contributed by atoms with E-state index >= 15 is 0 Å². The van der Waals surface area contributed by atoms with Gasteiger partial charge in [0.15, 0.2) is 0 Å². The highest BCUT2D eigenvalue weighted by Crippen LogP contribution is 2.29. The van der Waals surface area contributed by atoms with Gasteiger partial charge in [-0.05, 0) is 6.07 Å². The third kappa shape index (κ3) is 4.59. The first-order valence-electron chi connectivity index (χ1n) is 7.12. The molecule has 0 aliphatic carbocycles. The average molecular weight is 397 g/mol. The second-order valence-electron chi connectivity index (χ2n) is 5.13. The van der Waals surface area contributed by atoms with Crippen LogP contribution in [0.2, 0.25) is 0 Å². The Labute approximate surface area is 151 Å². The van der Waals surface area contributed by atoms with Crippen molar-refractivity contribution in [2.45, 2.75) is 12.0 Å². The summed E-state index contributed by atoms with van der Waals surface area (Å²) in [6.45, 7) is -0.895. The highest BCUT2D eigenvalue weighted by molar-refractivity contribution is 7.86. The Morgan fingerprint density at radius 1 is 0.926 bits per heavy atom. The van der Waals surface area contributed by atoms with Crippen LogP contribution in [0.3, 0.4) is 0 Å². The molecular formula is C14H11N3O9S. The lowest BCUT2D eigenvalue weighted by Crippen LogP contribution is -2.23. The third-order valence-corrected chi connectivity index (χ3v) is 4.84. The number of benzene rings is 2. The minimum absolute atomic E-state index is 0.152. The minimum atomic E-state index is -4.80. The molecule has 12 nitrogen and oxygen atoms in total. The zero-order valence-corrected chi connectivity index (χ0v) is 14.1. The van der Waals surface area contributed by atoms with Crippen molar-refractivity contribution in [3.63, 3.8) is 0 Å². The Balaban J connectivity index is 2.32. The molecule has 0 bridgehead atoms. The first-order valence-corrected chi connectivity index (χ1v) is 8.59. The van der Waals surface area contributed by atoms with Crippen molar-refractivity contribution in [1.82, 2.24) is 0 Å². The number of nitro benzene ring substituents is 2. The molecule has 0 aromatic heterocycles. The highest BCUT2D eigenvalue weighted by atomic mass is 32.2. The molecule has 13 heteroatoms. The van der Waals surface area contributed by atoms with Gasteiger partial charge in [0, 0.05) is 16.6 Å². The topological polar surface area (TPSA) is 173 Å². The normalized spacial score (nSPS) is 12.3. The average Bonchev–Trinajstić information content (AvgIpc) is 2.60. The summed E-state index contributed by atoms with van der Waals surface area (Å²) in [5, 5.41) is 30.8. The molecule has 0 fully saturated rings. The number of hydrogen-bond acceptors (Lipinski definition) is 9. The van der Waals surface area contributed by atoms with Crippen LogP contribution in [0.1, 0.15) is 16.5 Å². The van der Waals surface area contributed by atoms with E-state index in [0.717, 1.165) is 12.1 Å². The molecule has 0 N–H and O–H groups in total.